The molecule has 0 N–H and O–H groups in total. The Balaban J connectivity index is 2.48. The fraction of sp³-hybridized carbons (Fsp3) is 0.364. The van der Waals surface area contributed by atoms with E-state index < -0.39 is 0 Å². The predicted octanol–water partition coefficient (Wildman–Crippen LogP) is 2.78. The Morgan fingerprint density at radius 1 is 1.36 bits per heavy atom. The average molecular weight is 213 g/mol. The number of aryl methyl sites for hydroxylation is 1. The highest BCUT2D eigenvalue weighted by atomic mass is 35.5. The summed E-state index contributed by atoms with van der Waals surface area (Å²) >= 11 is 5.46. The minimum Gasteiger partial charge on any atom is -0.462 e. The Bertz CT molecular complexity index is 293. The Morgan fingerprint density at radius 2 is 2.00 bits per heavy atom. The van der Waals surface area contributed by atoms with Crippen LogP contribution in [0.3, 0.4) is 0 Å². The van der Waals surface area contributed by atoms with Crippen LogP contribution in [0.4, 0.5) is 0 Å². The van der Waals surface area contributed by atoms with E-state index in [1.54, 1.807) is 12.1 Å². The zero-order valence-electron chi connectivity index (χ0n) is 8.13. The lowest BCUT2D eigenvalue weighted by atomic mass is 10.1. The zero-order chi connectivity index (χ0) is 10.4. The first-order valence-electron chi connectivity index (χ1n) is 4.54. The zero-order valence-corrected chi connectivity index (χ0v) is 8.88. The van der Waals surface area contributed by atoms with Gasteiger partial charge in [0.2, 0.25) is 0 Å². The number of carbonyl (C=O) groups is 1. The third kappa shape index (κ3) is 3.38. The van der Waals surface area contributed by atoms with E-state index in [2.05, 4.69) is 0 Å². The van der Waals surface area contributed by atoms with E-state index in [0.717, 1.165) is 5.56 Å². The summed E-state index contributed by atoms with van der Waals surface area (Å²) in [4.78, 5) is 11.4. The van der Waals surface area contributed by atoms with Gasteiger partial charge in [0.05, 0.1) is 12.2 Å². The van der Waals surface area contributed by atoms with Crippen molar-refractivity contribution in [3.05, 3.63) is 35.4 Å². The molecule has 0 saturated carbocycles. The third-order valence-electron chi connectivity index (χ3n) is 1.80. The molecule has 2 nitrogen and oxygen atoms in total. The first kappa shape index (κ1) is 11.1. The number of benzene rings is 1. The van der Waals surface area contributed by atoms with E-state index in [1.807, 2.05) is 19.1 Å². The van der Waals surface area contributed by atoms with Crippen LogP contribution in [-0.2, 0) is 4.74 Å². The van der Waals surface area contributed by atoms with E-state index in [9.17, 15) is 4.79 Å². The molecule has 0 spiro atoms. The highest BCUT2D eigenvalue weighted by molar-refractivity contribution is 6.17. The second-order valence-electron chi connectivity index (χ2n) is 3.04. The van der Waals surface area contributed by atoms with Crippen LogP contribution in [0.5, 0.6) is 0 Å². The molecule has 0 unspecified atom stereocenters. The minimum atomic E-state index is -0.282. The van der Waals surface area contributed by atoms with Crippen molar-refractivity contribution in [2.75, 3.05) is 12.5 Å². The lowest BCUT2D eigenvalue weighted by molar-refractivity contribution is 0.0506. The molecule has 0 fully saturated rings. The van der Waals surface area contributed by atoms with Gasteiger partial charge in [0.25, 0.3) is 0 Å². The van der Waals surface area contributed by atoms with Gasteiger partial charge in [0.1, 0.15) is 0 Å². The lowest BCUT2D eigenvalue weighted by Crippen LogP contribution is -2.06. The van der Waals surface area contributed by atoms with Crippen molar-refractivity contribution in [3.63, 3.8) is 0 Å². The molecule has 76 valence electrons. The number of alkyl halides is 1. The molecule has 0 aliphatic carbocycles. The van der Waals surface area contributed by atoms with E-state index in [4.69, 9.17) is 16.3 Å². The fourth-order valence-electron chi connectivity index (χ4n) is 0.992. The Hall–Kier alpha value is -1.02. The van der Waals surface area contributed by atoms with Crippen molar-refractivity contribution in [1.29, 1.82) is 0 Å². The molecule has 0 radical (unpaired) electrons. The van der Waals surface area contributed by atoms with Crippen LogP contribution in [0.25, 0.3) is 0 Å². The van der Waals surface area contributed by atoms with Gasteiger partial charge in [-0.2, -0.15) is 0 Å². The second-order valence-corrected chi connectivity index (χ2v) is 3.42. The first-order chi connectivity index (χ1) is 6.74. The van der Waals surface area contributed by atoms with Crippen LogP contribution in [0.1, 0.15) is 22.3 Å². The average Bonchev–Trinajstić information content (AvgIpc) is 2.19. The van der Waals surface area contributed by atoms with E-state index in [1.165, 1.54) is 0 Å². The number of hydrogen-bond donors (Lipinski definition) is 0. The Morgan fingerprint density at radius 3 is 2.57 bits per heavy atom. The number of rotatable bonds is 4. The minimum absolute atomic E-state index is 0.282. The van der Waals surface area contributed by atoms with Crippen LogP contribution in [-0.4, -0.2) is 18.5 Å². The highest BCUT2D eigenvalue weighted by Gasteiger charge is 2.05. The van der Waals surface area contributed by atoms with Crippen LogP contribution in [0, 0.1) is 6.92 Å². The summed E-state index contributed by atoms with van der Waals surface area (Å²) in [5.41, 5.74) is 1.72. The Labute approximate surface area is 88.8 Å². The molecule has 1 aromatic rings. The molecular formula is C11H13ClO2. The molecule has 1 rings (SSSR count). The quantitative estimate of drug-likeness (QED) is 0.436. The van der Waals surface area contributed by atoms with Crippen LogP contribution >= 0.6 is 11.6 Å². The number of hydrogen-bond acceptors (Lipinski definition) is 2. The van der Waals surface area contributed by atoms with Crippen LogP contribution in [0.15, 0.2) is 24.3 Å². The summed E-state index contributed by atoms with van der Waals surface area (Å²) < 4.78 is 4.98. The molecule has 0 atom stereocenters. The van der Waals surface area contributed by atoms with Crippen LogP contribution < -0.4 is 0 Å². The van der Waals surface area contributed by atoms with Gasteiger partial charge in [-0.1, -0.05) is 17.7 Å². The molecule has 0 aliphatic rings. The summed E-state index contributed by atoms with van der Waals surface area (Å²) in [6, 6.07) is 7.30. The lowest BCUT2D eigenvalue weighted by Gasteiger charge is -2.03. The van der Waals surface area contributed by atoms with Gasteiger partial charge >= 0.3 is 5.97 Å². The molecule has 0 heterocycles. The van der Waals surface area contributed by atoms with Gasteiger partial charge in [0, 0.05) is 5.88 Å². The fourth-order valence-corrected chi connectivity index (χ4v) is 1.10. The van der Waals surface area contributed by atoms with Gasteiger partial charge in [-0.05, 0) is 25.5 Å². The summed E-state index contributed by atoms with van der Waals surface area (Å²) in [7, 11) is 0. The van der Waals surface area contributed by atoms with Crippen molar-refractivity contribution in [2.24, 2.45) is 0 Å². The topological polar surface area (TPSA) is 26.3 Å². The van der Waals surface area contributed by atoms with E-state index in [-0.39, 0.29) is 5.97 Å². The maximum absolute atomic E-state index is 11.4. The number of esters is 1. The summed E-state index contributed by atoms with van der Waals surface area (Å²) in [5, 5.41) is 0. The molecule has 0 aromatic heterocycles. The van der Waals surface area contributed by atoms with Crippen molar-refractivity contribution < 1.29 is 9.53 Å². The molecule has 3 heteroatoms. The normalized spacial score (nSPS) is 9.86. The van der Waals surface area contributed by atoms with Crippen molar-refractivity contribution in [1.82, 2.24) is 0 Å². The summed E-state index contributed by atoms with van der Waals surface area (Å²) in [5.74, 6) is 0.233. The number of ether oxygens (including phenoxy) is 1. The van der Waals surface area contributed by atoms with Crippen molar-refractivity contribution >= 4 is 17.6 Å². The second kappa shape index (κ2) is 5.66. The van der Waals surface area contributed by atoms with Crippen molar-refractivity contribution in [2.45, 2.75) is 13.3 Å². The van der Waals surface area contributed by atoms with Gasteiger partial charge in [-0.15, -0.1) is 11.6 Å². The molecule has 0 amide bonds. The molecule has 0 saturated heterocycles. The first-order valence-corrected chi connectivity index (χ1v) is 5.07. The van der Waals surface area contributed by atoms with Gasteiger partial charge < -0.3 is 4.74 Å². The molecule has 0 bridgehead atoms. The summed E-state index contributed by atoms with van der Waals surface area (Å²) in [6.45, 7) is 2.36. The summed E-state index contributed by atoms with van der Waals surface area (Å²) in [6.07, 6.45) is 0.694. The standard InChI is InChI=1S/C11H13ClO2/c1-9-3-5-10(6-4-9)11(13)14-8-2-7-12/h3-6H,2,7-8H2,1H3. The largest absolute Gasteiger partial charge is 0.462 e. The van der Waals surface area contributed by atoms with E-state index >= 15 is 0 Å². The van der Waals surface area contributed by atoms with Crippen molar-refractivity contribution in [3.8, 4) is 0 Å². The highest BCUT2D eigenvalue weighted by Crippen LogP contribution is 2.05. The number of carbonyl (C=O) groups excluding carboxylic acids is 1. The number of halogens is 1. The predicted molar refractivity (Wildman–Crippen MR) is 56.8 cm³/mol. The molecule has 1 aromatic carbocycles. The molecule has 14 heavy (non-hydrogen) atoms. The van der Waals surface area contributed by atoms with Crippen LogP contribution in [0.2, 0.25) is 0 Å². The molecule has 0 aliphatic heterocycles. The monoisotopic (exact) mass is 212 g/mol. The maximum Gasteiger partial charge on any atom is 0.338 e. The maximum atomic E-state index is 11.4. The SMILES string of the molecule is Cc1ccc(C(=O)OCCCCl)cc1. The third-order valence-corrected chi connectivity index (χ3v) is 2.07. The smallest absolute Gasteiger partial charge is 0.338 e. The van der Waals surface area contributed by atoms with Gasteiger partial charge in [-0.3, -0.25) is 0 Å². The van der Waals surface area contributed by atoms with Gasteiger partial charge in [0.15, 0.2) is 0 Å². The molecular weight excluding hydrogens is 200 g/mol. The van der Waals surface area contributed by atoms with E-state index in [0.29, 0.717) is 24.5 Å². The Kier molecular flexibility index (Phi) is 4.47. The van der Waals surface area contributed by atoms with Gasteiger partial charge in [-0.25, -0.2) is 4.79 Å².